The fourth-order valence-electron chi connectivity index (χ4n) is 5.25. The summed E-state index contributed by atoms with van der Waals surface area (Å²) in [5.41, 5.74) is 2.31. The van der Waals surface area contributed by atoms with Crippen molar-refractivity contribution in [1.29, 1.82) is 0 Å². The van der Waals surface area contributed by atoms with E-state index in [0.717, 1.165) is 12.1 Å². The molecular formula is C24H24N6O4. The van der Waals surface area contributed by atoms with Gasteiger partial charge in [0.1, 0.15) is 11.8 Å². The molecule has 6 rings (SSSR count). The van der Waals surface area contributed by atoms with Crippen LogP contribution in [0.1, 0.15) is 29.4 Å². The van der Waals surface area contributed by atoms with Gasteiger partial charge in [-0.15, -0.1) is 0 Å². The van der Waals surface area contributed by atoms with Crippen molar-refractivity contribution in [3.8, 4) is 0 Å². The van der Waals surface area contributed by atoms with Crippen LogP contribution in [0.2, 0.25) is 0 Å². The van der Waals surface area contributed by atoms with Crippen LogP contribution >= 0.6 is 0 Å². The molecular weight excluding hydrogens is 436 g/mol. The fraction of sp³-hybridized carbons (Fsp3) is 0.375. The minimum absolute atomic E-state index is 0.0366. The molecule has 1 N–H and O–H groups in total. The molecule has 2 saturated heterocycles. The molecule has 174 valence electrons. The van der Waals surface area contributed by atoms with Crippen LogP contribution < -0.4 is 10.2 Å². The largest absolute Gasteiger partial charge is 0.442 e. The molecule has 1 saturated carbocycles. The molecule has 2 unspecified atom stereocenters. The summed E-state index contributed by atoms with van der Waals surface area (Å²) in [6, 6.07) is 9.76. The van der Waals surface area contributed by atoms with Crippen LogP contribution in [0.5, 0.6) is 0 Å². The van der Waals surface area contributed by atoms with Crippen molar-refractivity contribution in [2.24, 2.45) is 5.92 Å². The van der Waals surface area contributed by atoms with Gasteiger partial charge in [0.2, 0.25) is 11.7 Å². The van der Waals surface area contributed by atoms with Crippen LogP contribution in [-0.4, -0.2) is 69.5 Å². The summed E-state index contributed by atoms with van der Waals surface area (Å²) in [6.45, 7) is 3.49. The number of aromatic nitrogens is 3. The Balaban J connectivity index is 1.14. The van der Waals surface area contributed by atoms with Crippen molar-refractivity contribution >= 4 is 29.4 Å². The van der Waals surface area contributed by atoms with E-state index < -0.39 is 6.09 Å². The Morgan fingerprint density at radius 3 is 2.82 bits per heavy atom. The highest BCUT2D eigenvalue weighted by Gasteiger charge is 2.61. The van der Waals surface area contributed by atoms with Gasteiger partial charge in [-0.2, -0.15) is 0 Å². The number of nitrogens with one attached hydrogen (secondary N) is 1. The lowest BCUT2D eigenvalue weighted by molar-refractivity contribution is -0.119. The van der Waals surface area contributed by atoms with Crippen LogP contribution in [0, 0.1) is 5.92 Å². The van der Waals surface area contributed by atoms with Crippen LogP contribution in [0.25, 0.3) is 5.78 Å². The van der Waals surface area contributed by atoms with Gasteiger partial charge in [-0.3, -0.25) is 18.9 Å². The molecule has 3 fully saturated rings. The number of carbonyl (C=O) groups excluding carboxylic acids is 3. The average molecular weight is 460 g/mol. The molecule has 3 atom stereocenters. The summed E-state index contributed by atoms with van der Waals surface area (Å²) < 4.78 is 7.11. The molecule has 0 spiro atoms. The first kappa shape index (κ1) is 20.6. The zero-order chi connectivity index (χ0) is 23.4. The summed E-state index contributed by atoms with van der Waals surface area (Å²) in [5, 5.41) is 2.68. The lowest BCUT2D eigenvalue weighted by Gasteiger charge is -2.21. The highest BCUT2D eigenvalue weighted by Crippen LogP contribution is 2.59. The summed E-state index contributed by atoms with van der Waals surface area (Å²) in [4.78, 5) is 48.5. The number of cyclic esters (lactones) is 1. The Hall–Kier alpha value is -3.95. The van der Waals surface area contributed by atoms with E-state index in [2.05, 4.69) is 15.3 Å². The van der Waals surface area contributed by atoms with E-state index in [4.69, 9.17) is 4.74 Å². The second-order valence-electron chi connectivity index (χ2n) is 9.30. The Morgan fingerprint density at radius 2 is 2.06 bits per heavy atom. The zero-order valence-electron chi connectivity index (χ0n) is 18.7. The summed E-state index contributed by atoms with van der Waals surface area (Å²) in [6.07, 6.45) is 5.48. The van der Waals surface area contributed by atoms with Gasteiger partial charge < -0.3 is 15.0 Å². The maximum absolute atomic E-state index is 13.1. The first-order valence-corrected chi connectivity index (χ1v) is 11.3. The van der Waals surface area contributed by atoms with Gasteiger partial charge in [0.25, 0.3) is 5.91 Å². The van der Waals surface area contributed by atoms with Crippen molar-refractivity contribution in [3.63, 3.8) is 0 Å². The molecule has 10 nitrogen and oxygen atoms in total. The maximum Gasteiger partial charge on any atom is 0.414 e. The first-order valence-electron chi connectivity index (χ1n) is 11.3. The lowest BCUT2D eigenvalue weighted by Crippen LogP contribution is -2.33. The number of hydrogen-bond acceptors (Lipinski definition) is 6. The van der Waals surface area contributed by atoms with E-state index in [-0.39, 0.29) is 23.3 Å². The van der Waals surface area contributed by atoms with Gasteiger partial charge in [0.05, 0.1) is 13.1 Å². The smallest absolute Gasteiger partial charge is 0.414 e. The second kappa shape index (κ2) is 7.54. The number of ether oxygens (including phenoxy) is 1. The van der Waals surface area contributed by atoms with Crippen molar-refractivity contribution in [3.05, 3.63) is 60.2 Å². The van der Waals surface area contributed by atoms with Crippen molar-refractivity contribution in [1.82, 2.24) is 24.6 Å². The third kappa shape index (κ3) is 3.37. The summed E-state index contributed by atoms with van der Waals surface area (Å²) >= 11 is 0. The molecule has 34 heavy (non-hydrogen) atoms. The van der Waals surface area contributed by atoms with Crippen LogP contribution in [-0.2, 0) is 14.9 Å². The second-order valence-corrected chi connectivity index (χ2v) is 9.30. The quantitative estimate of drug-likeness (QED) is 0.620. The maximum atomic E-state index is 13.1. The van der Waals surface area contributed by atoms with Gasteiger partial charge in [-0.05, 0) is 36.1 Å². The Kier molecular flexibility index (Phi) is 4.58. The highest BCUT2D eigenvalue weighted by atomic mass is 16.6. The monoisotopic (exact) mass is 460 g/mol. The molecule has 4 heterocycles. The molecule has 2 aromatic heterocycles. The minimum Gasteiger partial charge on any atom is -0.442 e. The molecule has 3 aliphatic rings. The van der Waals surface area contributed by atoms with Gasteiger partial charge in [0.15, 0.2) is 0 Å². The number of anilines is 1. The number of amides is 3. The topological polar surface area (TPSA) is 109 Å². The minimum atomic E-state index is -0.412. The molecule has 3 amide bonds. The number of fused-ring (bicyclic) bond motifs is 2. The first-order chi connectivity index (χ1) is 16.4. The fourth-order valence-corrected chi connectivity index (χ4v) is 5.25. The number of carbonyl (C=O) groups is 3. The molecule has 0 bridgehead atoms. The predicted octanol–water partition coefficient (Wildman–Crippen LogP) is 1.60. The van der Waals surface area contributed by atoms with E-state index in [1.807, 2.05) is 35.4 Å². The normalized spacial score (nSPS) is 25.4. The number of likely N-dealkylation sites (tertiary alicyclic amines) is 1. The third-order valence-electron chi connectivity index (χ3n) is 7.09. The van der Waals surface area contributed by atoms with E-state index in [1.165, 1.54) is 12.5 Å². The van der Waals surface area contributed by atoms with Gasteiger partial charge in [-0.1, -0.05) is 12.1 Å². The van der Waals surface area contributed by atoms with Crippen molar-refractivity contribution in [2.75, 3.05) is 31.1 Å². The van der Waals surface area contributed by atoms with Gasteiger partial charge in [0, 0.05) is 49.7 Å². The van der Waals surface area contributed by atoms with Gasteiger partial charge in [-0.25, -0.2) is 14.8 Å². The summed E-state index contributed by atoms with van der Waals surface area (Å²) in [5.74, 6) is 0.717. The number of hydrogen-bond donors (Lipinski definition) is 1. The van der Waals surface area contributed by atoms with E-state index >= 15 is 0 Å². The standard InChI is InChI=1S/C24H24N6O4/c1-15(31)26-10-19-12-30(23(33)34-19)18-5-3-16(4-6-18)24-9-17(24)11-29(14-24)21(32)20-13-28-8-2-7-25-22(28)27-20/h2-8,13,17,19H,9-12,14H2,1H3,(H,26,31)/t17?,19-,24?/m0/s1. The number of benzene rings is 1. The van der Waals surface area contributed by atoms with Gasteiger partial charge >= 0.3 is 6.09 Å². The van der Waals surface area contributed by atoms with Crippen LogP contribution in [0.15, 0.2) is 48.9 Å². The molecule has 0 radical (unpaired) electrons. The molecule has 3 aromatic rings. The third-order valence-corrected chi connectivity index (χ3v) is 7.09. The van der Waals surface area contributed by atoms with Crippen molar-refractivity contribution in [2.45, 2.75) is 24.9 Å². The average Bonchev–Trinajstić information content (AvgIpc) is 3.17. The molecule has 2 aliphatic heterocycles. The van der Waals surface area contributed by atoms with E-state index in [0.29, 0.717) is 43.6 Å². The molecule has 10 heteroatoms. The number of nitrogens with zero attached hydrogens (tertiary/aromatic N) is 5. The summed E-state index contributed by atoms with van der Waals surface area (Å²) in [7, 11) is 0. The Labute approximate surface area is 195 Å². The van der Waals surface area contributed by atoms with Crippen LogP contribution in [0.3, 0.4) is 0 Å². The number of imidazole rings is 1. The lowest BCUT2D eigenvalue weighted by atomic mass is 9.94. The number of rotatable bonds is 5. The Morgan fingerprint density at radius 1 is 1.24 bits per heavy atom. The van der Waals surface area contributed by atoms with E-state index in [1.54, 1.807) is 27.8 Å². The number of piperidine rings is 1. The van der Waals surface area contributed by atoms with Crippen LogP contribution in [0.4, 0.5) is 10.5 Å². The predicted molar refractivity (Wildman–Crippen MR) is 121 cm³/mol. The Bertz CT molecular complexity index is 1270. The van der Waals surface area contributed by atoms with E-state index in [9.17, 15) is 14.4 Å². The SMILES string of the molecule is CC(=O)NC[C@H]1CN(c2ccc(C34CC3CN(C(=O)c3cn5cccnc5n3)C4)cc2)C(=O)O1. The highest BCUT2D eigenvalue weighted by molar-refractivity contribution is 5.93. The molecule has 1 aromatic carbocycles. The van der Waals surface area contributed by atoms with Crippen molar-refractivity contribution < 1.29 is 19.1 Å². The molecule has 1 aliphatic carbocycles. The zero-order valence-corrected chi connectivity index (χ0v) is 18.7.